The molecular formula is C13H13Cl2N3. The molecule has 2 rings (SSSR count). The van der Waals surface area contributed by atoms with Crippen molar-refractivity contribution < 1.29 is 0 Å². The quantitative estimate of drug-likeness (QED) is 0.802. The predicted molar refractivity (Wildman–Crippen MR) is 73.1 cm³/mol. The van der Waals surface area contributed by atoms with Crippen molar-refractivity contribution in [2.75, 3.05) is 0 Å². The van der Waals surface area contributed by atoms with Gasteiger partial charge in [0.15, 0.2) is 0 Å². The van der Waals surface area contributed by atoms with Crippen molar-refractivity contribution >= 4 is 23.2 Å². The molecule has 0 unspecified atom stereocenters. The Morgan fingerprint density at radius 2 is 1.89 bits per heavy atom. The maximum atomic E-state index is 6.13. The highest BCUT2D eigenvalue weighted by Crippen LogP contribution is 2.23. The lowest BCUT2D eigenvalue weighted by Gasteiger charge is -2.07. The number of rotatable bonds is 4. The summed E-state index contributed by atoms with van der Waals surface area (Å²) in [5.41, 5.74) is 1.86. The Balaban J connectivity index is 2.25. The van der Waals surface area contributed by atoms with Crippen LogP contribution in [0.4, 0.5) is 0 Å². The Kier molecular flexibility index (Phi) is 4.50. The lowest BCUT2D eigenvalue weighted by Crippen LogP contribution is -2.02. The van der Waals surface area contributed by atoms with Gasteiger partial charge in [-0.3, -0.25) is 4.98 Å². The van der Waals surface area contributed by atoms with Crippen molar-refractivity contribution in [2.45, 2.75) is 26.2 Å². The summed E-state index contributed by atoms with van der Waals surface area (Å²) in [4.78, 5) is 12.6. The molecule has 2 aromatic rings. The molecule has 94 valence electrons. The fourth-order valence-corrected chi connectivity index (χ4v) is 2.30. The number of hydrogen-bond acceptors (Lipinski definition) is 3. The first kappa shape index (κ1) is 13.2. The standard InChI is InChI=1S/C13H13Cl2N3/c1-2-4-10-12(14)17-11(18-13(10)15)7-9-5-3-6-16-8-9/h3,5-6,8H,2,4,7H2,1H3. The molecule has 0 aliphatic heterocycles. The van der Waals surface area contributed by atoms with Crippen LogP contribution in [-0.4, -0.2) is 15.0 Å². The van der Waals surface area contributed by atoms with Gasteiger partial charge in [0.2, 0.25) is 0 Å². The Morgan fingerprint density at radius 1 is 1.17 bits per heavy atom. The van der Waals surface area contributed by atoms with Gasteiger partial charge in [0.25, 0.3) is 0 Å². The van der Waals surface area contributed by atoms with Crippen molar-refractivity contribution in [3.8, 4) is 0 Å². The number of aromatic nitrogens is 3. The molecule has 3 nitrogen and oxygen atoms in total. The van der Waals surface area contributed by atoms with Crippen LogP contribution in [-0.2, 0) is 12.8 Å². The minimum Gasteiger partial charge on any atom is -0.264 e. The average Bonchev–Trinajstić information content (AvgIpc) is 2.35. The van der Waals surface area contributed by atoms with Crippen LogP contribution in [0.1, 0.15) is 30.3 Å². The summed E-state index contributed by atoms with van der Waals surface area (Å²) in [5.74, 6) is 0.623. The van der Waals surface area contributed by atoms with E-state index in [1.54, 1.807) is 12.4 Å². The zero-order chi connectivity index (χ0) is 13.0. The van der Waals surface area contributed by atoms with Crippen LogP contribution in [0.25, 0.3) is 0 Å². The smallest absolute Gasteiger partial charge is 0.137 e. The molecule has 0 saturated carbocycles. The van der Waals surface area contributed by atoms with E-state index >= 15 is 0 Å². The van der Waals surface area contributed by atoms with Gasteiger partial charge in [-0.15, -0.1) is 0 Å². The molecule has 0 aromatic carbocycles. The van der Waals surface area contributed by atoms with Crippen LogP contribution in [0.2, 0.25) is 10.3 Å². The summed E-state index contributed by atoms with van der Waals surface area (Å²) in [5, 5.41) is 0.909. The van der Waals surface area contributed by atoms with Crippen LogP contribution in [0, 0.1) is 0 Å². The highest BCUT2D eigenvalue weighted by molar-refractivity contribution is 6.34. The van der Waals surface area contributed by atoms with Crippen LogP contribution in [0.5, 0.6) is 0 Å². The monoisotopic (exact) mass is 281 g/mol. The maximum absolute atomic E-state index is 6.13. The van der Waals surface area contributed by atoms with Crippen molar-refractivity contribution in [2.24, 2.45) is 0 Å². The third kappa shape index (κ3) is 3.18. The van der Waals surface area contributed by atoms with E-state index in [-0.39, 0.29) is 0 Å². The Labute approximate surface area is 116 Å². The molecule has 0 amide bonds. The molecule has 0 aliphatic rings. The van der Waals surface area contributed by atoms with E-state index in [0.29, 0.717) is 22.6 Å². The maximum Gasteiger partial charge on any atom is 0.137 e. The molecular weight excluding hydrogens is 269 g/mol. The molecule has 0 radical (unpaired) electrons. The van der Waals surface area contributed by atoms with E-state index in [4.69, 9.17) is 23.2 Å². The number of pyridine rings is 1. The number of hydrogen-bond donors (Lipinski definition) is 0. The largest absolute Gasteiger partial charge is 0.264 e. The van der Waals surface area contributed by atoms with Crippen LogP contribution in [0.3, 0.4) is 0 Å². The average molecular weight is 282 g/mol. The molecule has 0 spiro atoms. The topological polar surface area (TPSA) is 38.7 Å². The molecule has 0 aliphatic carbocycles. The second-order valence-electron chi connectivity index (χ2n) is 3.99. The summed E-state index contributed by atoms with van der Waals surface area (Å²) in [6.07, 6.45) is 5.86. The molecule has 0 atom stereocenters. The molecule has 0 saturated heterocycles. The minimum absolute atomic E-state index is 0.454. The van der Waals surface area contributed by atoms with E-state index in [0.717, 1.165) is 24.0 Å². The third-order valence-electron chi connectivity index (χ3n) is 2.54. The minimum atomic E-state index is 0.454. The van der Waals surface area contributed by atoms with Crippen LogP contribution >= 0.6 is 23.2 Å². The summed E-state index contributed by atoms with van der Waals surface area (Å²) in [6.45, 7) is 2.07. The van der Waals surface area contributed by atoms with Gasteiger partial charge in [-0.05, 0) is 18.1 Å². The number of nitrogens with zero attached hydrogens (tertiary/aromatic N) is 3. The van der Waals surface area contributed by atoms with Crippen molar-refractivity contribution in [3.63, 3.8) is 0 Å². The summed E-state index contributed by atoms with van der Waals surface area (Å²) in [7, 11) is 0. The first-order valence-corrected chi connectivity index (χ1v) is 6.56. The zero-order valence-corrected chi connectivity index (χ0v) is 11.5. The second-order valence-corrected chi connectivity index (χ2v) is 4.70. The van der Waals surface area contributed by atoms with Gasteiger partial charge >= 0.3 is 0 Å². The molecule has 0 N–H and O–H groups in total. The van der Waals surface area contributed by atoms with E-state index < -0.39 is 0 Å². The molecule has 2 heterocycles. The van der Waals surface area contributed by atoms with Crippen molar-refractivity contribution in [1.29, 1.82) is 0 Å². The second kappa shape index (κ2) is 6.12. The lowest BCUT2D eigenvalue weighted by atomic mass is 10.2. The first-order chi connectivity index (χ1) is 8.70. The summed E-state index contributed by atoms with van der Waals surface area (Å²) in [6, 6.07) is 3.85. The van der Waals surface area contributed by atoms with Gasteiger partial charge < -0.3 is 0 Å². The van der Waals surface area contributed by atoms with E-state index in [1.165, 1.54) is 0 Å². The molecule has 0 fully saturated rings. The Bertz CT molecular complexity index is 506. The Hall–Kier alpha value is -1.19. The zero-order valence-electron chi connectivity index (χ0n) is 10.0. The van der Waals surface area contributed by atoms with Crippen LogP contribution < -0.4 is 0 Å². The van der Waals surface area contributed by atoms with Gasteiger partial charge in [-0.1, -0.05) is 42.6 Å². The SMILES string of the molecule is CCCc1c(Cl)nc(Cc2cccnc2)nc1Cl. The van der Waals surface area contributed by atoms with Crippen LogP contribution in [0.15, 0.2) is 24.5 Å². The number of halogens is 2. The van der Waals surface area contributed by atoms with Gasteiger partial charge in [-0.25, -0.2) is 9.97 Å². The lowest BCUT2D eigenvalue weighted by molar-refractivity contribution is 0.876. The summed E-state index contributed by atoms with van der Waals surface area (Å²) >= 11 is 12.3. The Morgan fingerprint density at radius 3 is 2.44 bits per heavy atom. The fraction of sp³-hybridized carbons (Fsp3) is 0.308. The molecule has 0 bridgehead atoms. The summed E-state index contributed by atoms with van der Waals surface area (Å²) < 4.78 is 0. The normalized spacial score (nSPS) is 10.6. The van der Waals surface area contributed by atoms with Crippen molar-refractivity contribution in [1.82, 2.24) is 15.0 Å². The van der Waals surface area contributed by atoms with E-state index in [1.807, 2.05) is 12.1 Å². The first-order valence-electron chi connectivity index (χ1n) is 5.80. The predicted octanol–water partition coefficient (Wildman–Crippen LogP) is 3.72. The van der Waals surface area contributed by atoms with Crippen molar-refractivity contribution in [3.05, 3.63) is 51.8 Å². The highest BCUT2D eigenvalue weighted by Gasteiger charge is 2.11. The van der Waals surface area contributed by atoms with E-state index in [9.17, 15) is 0 Å². The molecule has 18 heavy (non-hydrogen) atoms. The third-order valence-corrected chi connectivity index (χ3v) is 3.16. The molecule has 5 heteroatoms. The van der Waals surface area contributed by atoms with Gasteiger partial charge in [0, 0.05) is 24.4 Å². The fourth-order valence-electron chi connectivity index (χ4n) is 1.69. The van der Waals surface area contributed by atoms with Gasteiger partial charge in [-0.2, -0.15) is 0 Å². The van der Waals surface area contributed by atoms with Gasteiger partial charge in [0.1, 0.15) is 16.1 Å². The molecule has 2 aromatic heterocycles. The van der Waals surface area contributed by atoms with E-state index in [2.05, 4.69) is 21.9 Å². The highest BCUT2D eigenvalue weighted by atomic mass is 35.5. The van der Waals surface area contributed by atoms with Gasteiger partial charge in [0.05, 0.1) is 0 Å².